The number of hydrogen-bond acceptors (Lipinski definition) is 3. The van der Waals surface area contributed by atoms with E-state index in [9.17, 15) is 13.6 Å². The van der Waals surface area contributed by atoms with Crippen molar-refractivity contribution >= 4 is 17.6 Å². The van der Waals surface area contributed by atoms with Crippen LogP contribution in [0.3, 0.4) is 0 Å². The molecule has 1 aliphatic rings. The minimum atomic E-state index is -3.63. The summed E-state index contributed by atoms with van der Waals surface area (Å²) in [5, 5.41) is 0.229. The van der Waals surface area contributed by atoms with E-state index < -0.39 is 17.0 Å². The van der Waals surface area contributed by atoms with Gasteiger partial charge in [0.2, 0.25) is 0 Å². The molecule has 100 valence electrons. The van der Waals surface area contributed by atoms with Crippen LogP contribution < -0.4 is 0 Å². The first-order valence-corrected chi connectivity index (χ1v) is 6.14. The molecule has 0 bridgehead atoms. The molecule has 0 saturated heterocycles. The number of hydrogen-bond donors (Lipinski definition) is 0. The van der Waals surface area contributed by atoms with Crippen LogP contribution in [-0.2, 0) is 10.1 Å². The average Bonchev–Trinajstić information content (AvgIpc) is 2.59. The third-order valence-corrected chi connectivity index (χ3v) is 3.16. The minimum Gasteiger partial charge on any atom is -0.462 e. The molecule has 0 aromatic carbocycles. The Morgan fingerprint density at radius 1 is 1.67 bits per heavy atom. The van der Waals surface area contributed by atoms with Crippen molar-refractivity contribution < 1.29 is 18.3 Å². The van der Waals surface area contributed by atoms with Crippen molar-refractivity contribution in [2.75, 3.05) is 6.61 Å². The molecule has 0 N–H and O–H groups in total. The Hall–Kier alpha value is -1.17. The number of alkyl halides is 3. The highest BCUT2D eigenvalue weighted by Gasteiger charge is 2.40. The maximum absolute atomic E-state index is 13.4. The van der Waals surface area contributed by atoms with Gasteiger partial charge in [-0.1, -0.05) is 0 Å². The second-order valence-corrected chi connectivity index (χ2v) is 4.63. The standard InChI is InChI=1S/C11H13ClF2N2O2/c1-2-18-10(17)8-6-15-16(7-4-3-5-7)9(8)11(12,13)14/h6-7H,2-5H2,1H3. The monoisotopic (exact) mass is 278 g/mol. The smallest absolute Gasteiger partial charge is 0.365 e. The Kier molecular flexibility index (Phi) is 3.56. The second-order valence-electron chi connectivity index (χ2n) is 4.15. The molecule has 1 aliphatic carbocycles. The molecule has 1 aromatic rings. The first-order chi connectivity index (χ1) is 8.45. The number of rotatable bonds is 4. The zero-order valence-electron chi connectivity index (χ0n) is 9.83. The number of carbonyl (C=O) groups is 1. The van der Waals surface area contributed by atoms with E-state index in [2.05, 4.69) is 5.10 Å². The van der Waals surface area contributed by atoms with E-state index in [4.69, 9.17) is 16.3 Å². The number of aromatic nitrogens is 2. The maximum atomic E-state index is 13.4. The van der Waals surface area contributed by atoms with Gasteiger partial charge in [-0.3, -0.25) is 4.68 Å². The minimum absolute atomic E-state index is 0.104. The predicted octanol–water partition coefficient (Wildman–Crippen LogP) is 3.07. The summed E-state index contributed by atoms with van der Waals surface area (Å²) in [4.78, 5) is 11.6. The van der Waals surface area contributed by atoms with E-state index in [-0.39, 0.29) is 18.2 Å². The van der Waals surface area contributed by atoms with Crippen LogP contribution >= 0.6 is 11.6 Å². The number of nitrogens with zero attached hydrogens (tertiary/aromatic N) is 2. The third kappa shape index (κ3) is 2.34. The van der Waals surface area contributed by atoms with Gasteiger partial charge in [0.15, 0.2) is 0 Å². The molecule has 18 heavy (non-hydrogen) atoms. The van der Waals surface area contributed by atoms with Crippen LogP contribution in [0.1, 0.15) is 48.3 Å². The van der Waals surface area contributed by atoms with Crippen molar-refractivity contribution in [3.05, 3.63) is 17.5 Å². The lowest BCUT2D eigenvalue weighted by molar-refractivity contribution is 0.0484. The van der Waals surface area contributed by atoms with E-state index in [0.29, 0.717) is 0 Å². The first kappa shape index (κ1) is 13.3. The summed E-state index contributed by atoms with van der Waals surface area (Å²) >= 11 is 5.08. The molecule has 4 nitrogen and oxygen atoms in total. The Bertz CT molecular complexity index is 452. The van der Waals surface area contributed by atoms with E-state index >= 15 is 0 Å². The first-order valence-electron chi connectivity index (χ1n) is 5.77. The zero-order chi connectivity index (χ0) is 13.3. The fraction of sp³-hybridized carbons (Fsp3) is 0.636. The molecule has 1 heterocycles. The molecule has 1 fully saturated rings. The molecule has 7 heteroatoms. The lowest BCUT2D eigenvalue weighted by atomic mass is 9.93. The fourth-order valence-electron chi connectivity index (χ4n) is 1.91. The van der Waals surface area contributed by atoms with E-state index in [1.165, 1.54) is 0 Å². The van der Waals surface area contributed by atoms with Crippen LogP contribution in [0.4, 0.5) is 8.78 Å². The van der Waals surface area contributed by atoms with Gasteiger partial charge in [0.1, 0.15) is 11.3 Å². The molecule has 0 spiro atoms. The molecule has 2 rings (SSSR count). The normalized spacial score (nSPS) is 16.4. The molecular formula is C11H13ClF2N2O2. The molecule has 0 atom stereocenters. The van der Waals surface area contributed by atoms with Gasteiger partial charge in [0.25, 0.3) is 0 Å². The second kappa shape index (κ2) is 4.84. The van der Waals surface area contributed by atoms with Gasteiger partial charge >= 0.3 is 11.4 Å². The van der Waals surface area contributed by atoms with Crippen molar-refractivity contribution in [1.29, 1.82) is 0 Å². The topological polar surface area (TPSA) is 44.1 Å². The summed E-state index contributed by atoms with van der Waals surface area (Å²) in [7, 11) is 0. The highest BCUT2D eigenvalue weighted by molar-refractivity contribution is 6.22. The summed E-state index contributed by atoms with van der Waals surface area (Å²) in [6.45, 7) is 1.72. The zero-order valence-corrected chi connectivity index (χ0v) is 10.6. The SMILES string of the molecule is CCOC(=O)c1cnn(C2CCC2)c1C(F)(F)Cl. The van der Waals surface area contributed by atoms with Crippen molar-refractivity contribution in [2.45, 2.75) is 37.6 Å². The van der Waals surface area contributed by atoms with Gasteiger partial charge in [0, 0.05) is 0 Å². The molecule has 1 aromatic heterocycles. The van der Waals surface area contributed by atoms with Crippen molar-refractivity contribution in [2.24, 2.45) is 0 Å². The lowest BCUT2D eigenvalue weighted by Gasteiger charge is -2.28. The van der Waals surface area contributed by atoms with Crippen LogP contribution in [-0.4, -0.2) is 22.4 Å². The summed E-state index contributed by atoms with van der Waals surface area (Å²) in [6.07, 6.45) is 3.60. The number of halogens is 3. The fourth-order valence-corrected chi connectivity index (χ4v) is 2.10. The van der Waals surface area contributed by atoms with E-state index in [1.54, 1.807) is 6.92 Å². The van der Waals surface area contributed by atoms with Crippen LogP contribution in [0.25, 0.3) is 0 Å². The Balaban J connectivity index is 2.40. The lowest BCUT2D eigenvalue weighted by Crippen LogP contribution is -2.25. The summed E-state index contributed by atoms with van der Waals surface area (Å²) in [5.41, 5.74) is -0.823. The average molecular weight is 279 g/mol. The Morgan fingerprint density at radius 2 is 2.33 bits per heavy atom. The molecule has 1 saturated carbocycles. The summed E-state index contributed by atoms with van der Waals surface area (Å²) < 4.78 is 32.7. The third-order valence-electron chi connectivity index (χ3n) is 2.98. The van der Waals surface area contributed by atoms with Gasteiger partial charge < -0.3 is 4.74 Å². The highest BCUT2D eigenvalue weighted by atomic mass is 35.5. The van der Waals surface area contributed by atoms with Crippen molar-refractivity contribution in [3.8, 4) is 0 Å². The Labute approximate surface area is 108 Å². The van der Waals surface area contributed by atoms with E-state index in [0.717, 1.165) is 30.1 Å². The van der Waals surface area contributed by atoms with E-state index in [1.807, 2.05) is 0 Å². The largest absolute Gasteiger partial charge is 0.462 e. The number of esters is 1. The molecule has 0 radical (unpaired) electrons. The molecule has 0 unspecified atom stereocenters. The molecular weight excluding hydrogens is 266 g/mol. The Morgan fingerprint density at radius 3 is 2.78 bits per heavy atom. The van der Waals surface area contributed by atoms with Gasteiger partial charge in [-0.05, 0) is 37.8 Å². The highest BCUT2D eigenvalue weighted by Crippen LogP contribution is 2.40. The van der Waals surface area contributed by atoms with Crippen LogP contribution in [0.2, 0.25) is 0 Å². The number of carbonyl (C=O) groups excluding carboxylic acids is 1. The molecule has 0 aliphatic heterocycles. The quantitative estimate of drug-likeness (QED) is 0.628. The molecule has 0 amide bonds. The number of ether oxygens (including phenoxy) is 1. The summed E-state index contributed by atoms with van der Waals surface area (Å²) in [5.74, 6) is -0.821. The van der Waals surface area contributed by atoms with Crippen molar-refractivity contribution in [3.63, 3.8) is 0 Å². The van der Waals surface area contributed by atoms with Gasteiger partial charge in [-0.25, -0.2) is 4.79 Å². The summed E-state index contributed by atoms with van der Waals surface area (Å²) in [6, 6.07) is -0.104. The van der Waals surface area contributed by atoms with Crippen molar-refractivity contribution in [1.82, 2.24) is 9.78 Å². The van der Waals surface area contributed by atoms with Gasteiger partial charge in [-0.15, -0.1) is 0 Å². The van der Waals surface area contributed by atoms with Crippen LogP contribution in [0.5, 0.6) is 0 Å². The maximum Gasteiger partial charge on any atom is 0.365 e. The van der Waals surface area contributed by atoms with Crippen LogP contribution in [0, 0.1) is 0 Å². The van der Waals surface area contributed by atoms with Gasteiger partial charge in [0.05, 0.1) is 18.8 Å². The predicted molar refractivity (Wildman–Crippen MR) is 60.8 cm³/mol. The van der Waals surface area contributed by atoms with Gasteiger partial charge in [-0.2, -0.15) is 13.9 Å². The van der Waals surface area contributed by atoms with Crippen LogP contribution in [0.15, 0.2) is 6.20 Å².